The molecule has 0 aromatic carbocycles. The number of aromatic nitrogens is 1. The third-order valence-electron chi connectivity index (χ3n) is 2.95. The first-order valence-electron chi connectivity index (χ1n) is 6.81. The van der Waals surface area contributed by atoms with Gasteiger partial charge in [-0.15, -0.1) is 0 Å². The Morgan fingerprint density at radius 1 is 1.53 bits per heavy atom. The molecule has 1 aromatic rings. The molecule has 0 aliphatic heterocycles. The van der Waals surface area contributed by atoms with Gasteiger partial charge in [-0.25, -0.2) is 4.98 Å². The molecule has 1 aromatic heterocycles. The van der Waals surface area contributed by atoms with Gasteiger partial charge in [0, 0.05) is 31.5 Å². The molecule has 1 atom stereocenters. The van der Waals surface area contributed by atoms with Crippen molar-refractivity contribution in [2.24, 2.45) is 0 Å². The number of halogens is 1. The van der Waals surface area contributed by atoms with E-state index in [1.165, 1.54) is 12.8 Å². The Hall–Kier alpha value is -0.840. The summed E-state index contributed by atoms with van der Waals surface area (Å²) in [6.45, 7) is 5.96. The van der Waals surface area contributed by atoms with Gasteiger partial charge in [-0.05, 0) is 32.3 Å². The lowest BCUT2D eigenvalue weighted by Gasteiger charge is -2.15. The molecule has 1 heterocycles. The van der Waals surface area contributed by atoms with Crippen LogP contribution in [0.4, 0.5) is 0 Å². The SMILES string of the molecule is CCOCC(C)Oc1cc(CNC2CC2)c(Cl)cn1. The van der Waals surface area contributed by atoms with Gasteiger partial charge in [0.1, 0.15) is 6.10 Å². The molecule has 106 valence electrons. The molecule has 1 aliphatic carbocycles. The van der Waals surface area contributed by atoms with Crippen LogP contribution in [0.25, 0.3) is 0 Å². The Morgan fingerprint density at radius 2 is 2.32 bits per heavy atom. The summed E-state index contributed by atoms with van der Waals surface area (Å²) in [4.78, 5) is 4.19. The zero-order valence-corrected chi connectivity index (χ0v) is 12.2. The topological polar surface area (TPSA) is 43.4 Å². The fourth-order valence-electron chi connectivity index (χ4n) is 1.72. The van der Waals surface area contributed by atoms with Crippen molar-refractivity contribution in [2.75, 3.05) is 13.2 Å². The lowest BCUT2D eigenvalue weighted by atomic mass is 10.2. The van der Waals surface area contributed by atoms with E-state index in [2.05, 4.69) is 10.3 Å². The molecule has 4 nitrogen and oxygen atoms in total. The maximum absolute atomic E-state index is 6.14. The third-order valence-corrected chi connectivity index (χ3v) is 3.29. The summed E-state index contributed by atoms with van der Waals surface area (Å²) < 4.78 is 11.0. The summed E-state index contributed by atoms with van der Waals surface area (Å²) in [6, 6.07) is 2.56. The van der Waals surface area contributed by atoms with Gasteiger partial charge >= 0.3 is 0 Å². The van der Waals surface area contributed by atoms with E-state index < -0.39 is 0 Å². The zero-order chi connectivity index (χ0) is 13.7. The Morgan fingerprint density at radius 3 is 3.00 bits per heavy atom. The monoisotopic (exact) mass is 284 g/mol. The normalized spacial score (nSPS) is 16.4. The number of nitrogens with one attached hydrogen (secondary N) is 1. The van der Waals surface area contributed by atoms with Gasteiger partial charge in [-0.1, -0.05) is 11.6 Å². The molecule has 1 unspecified atom stereocenters. The highest BCUT2D eigenvalue weighted by molar-refractivity contribution is 6.31. The highest BCUT2D eigenvalue weighted by atomic mass is 35.5. The number of hydrogen-bond donors (Lipinski definition) is 1. The summed E-state index contributed by atoms with van der Waals surface area (Å²) >= 11 is 6.14. The van der Waals surface area contributed by atoms with Gasteiger partial charge in [-0.2, -0.15) is 0 Å². The van der Waals surface area contributed by atoms with Crippen LogP contribution in [0.15, 0.2) is 12.3 Å². The van der Waals surface area contributed by atoms with Gasteiger partial charge in [-0.3, -0.25) is 0 Å². The van der Waals surface area contributed by atoms with Crippen molar-refractivity contribution in [1.82, 2.24) is 10.3 Å². The van der Waals surface area contributed by atoms with Crippen molar-refractivity contribution in [3.63, 3.8) is 0 Å². The Balaban J connectivity index is 1.90. The minimum absolute atomic E-state index is 0.0159. The summed E-state index contributed by atoms with van der Waals surface area (Å²) in [6.07, 6.45) is 4.15. The number of pyridine rings is 1. The molecule has 0 radical (unpaired) electrons. The van der Waals surface area contributed by atoms with Gasteiger partial charge in [0.05, 0.1) is 11.6 Å². The van der Waals surface area contributed by atoms with Crippen LogP contribution < -0.4 is 10.1 Å². The van der Waals surface area contributed by atoms with Crippen LogP contribution in [-0.2, 0) is 11.3 Å². The second kappa shape index (κ2) is 7.08. The van der Waals surface area contributed by atoms with Gasteiger partial charge < -0.3 is 14.8 Å². The van der Waals surface area contributed by atoms with E-state index in [1.807, 2.05) is 19.9 Å². The van der Waals surface area contributed by atoms with E-state index in [-0.39, 0.29) is 6.10 Å². The molecule has 0 spiro atoms. The molecule has 19 heavy (non-hydrogen) atoms. The van der Waals surface area contributed by atoms with Crippen molar-refractivity contribution < 1.29 is 9.47 Å². The van der Waals surface area contributed by atoms with Crippen LogP contribution in [0, 0.1) is 0 Å². The Bertz CT molecular complexity index is 410. The Kier molecular flexibility index (Phi) is 5.43. The molecule has 5 heteroatoms. The van der Waals surface area contributed by atoms with Crippen LogP contribution in [0.2, 0.25) is 5.02 Å². The van der Waals surface area contributed by atoms with Gasteiger partial charge in [0.15, 0.2) is 0 Å². The molecule has 0 amide bonds. The second-order valence-corrected chi connectivity index (χ2v) is 5.26. The van der Waals surface area contributed by atoms with Crippen LogP contribution >= 0.6 is 11.6 Å². The molecular formula is C14H21ClN2O2. The molecule has 1 fully saturated rings. The van der Waals surface area contributed by atoms with E-state index >= 15 is 0 Å². The second-order valence-electron chi connectivity index (χ2n) is 4.86. The highest BCUT2D eigenvalue weighted by Crippen LogP contribution is 2.23. The van der Waals surface area contributed by atoms with Gasteiger partial charge in [0.25, 0.3) is 0 Å². The fraction of sp³-hybridized carbons (Fsp3) is 0.643. The van der Waals surface area contributed by atoms with Crippen LogP contribution in [0.1, 0.15) is 32.3 Å². The third kappa shape index (κ3) is 4.97. The van der Waals surface area contributed by atoms with Crippen molar-refractivity contribution >= 4 is 11.6 Å². The molecule has 1 saturated carbocycles. The zero-order valence-electron chi connectivity index (χ0n) is 11.5. The van der Waals surface area contributed by atoms with Crippen LogP contribution in [0.5, 0.6) is 5.88 Å². The molecule has 0 bridgehead atoms. The van der Waals surface area contributed by atoms with E-state index in [1.54, 1.807) is 6.20 Å². The largest absolute Gasteiger partial charge is 0.472 e. The molecule has 1 N–H and O–H groups in total. The van der Waals surface area contributed by atoms with Crippen LogP contribution in [0.3, 0.4) is 0 Å². The number of ether oxygens (including phenoxy) is 2. The first-order chi connectivity index (χ1) is 9.19. The minimum Gasteiger partial charge on any atom is -0.472 e. The standard InChI is InChI=1S/C14H21ClN2O2/c1-3-18-9-10(2)19-14-6-11(13(15)8-17-14)7-16-12-4-5-12/h6,8,10,12,16H,3-5,7,9H2,1-2H3. The van der Waals surface area contributed by atoms with E-state index in [0.29, 0.717) is 30.2 Å². The summed E-state index contributed by atoms with van der Waals surface area (Å²) in [5.74, 6) is 0.601. The summed E-state index contributed by atoms with van der Waals surface area (Å²) in [5, 5.41) is 4.11. The fourth-order valence-corrected chi connectivity index (χ4v) is 1.89. The predicted octanol–water partition coefficient (Wildman–Crippen LogP) is 2.79. The summed E-state index contributed by atoms with van der Waals surface area (Å²) in [7, 11) is 0. The van der Waals surface area contributed by atoms with Crippen molar-refractivity contribution in [3.05, 3.63) is 22.8 Å². The van der Waals surface area contributed by atoms with E-state index in [0.717, 1.165) is 12.1 Å². The van der Waals surface area contributed by atoms with Crippen LogP contribution in [-0.4, -0.2) is 30.3 Å². The highest BCUT2D eigenvalue weighted by Gasteiger charge is 2.20. The average Bonchev–Trinajstić information content (AvgIpc) is 3.21. The number of nitrogens with zero attached hydrogens (tertiary/aromatic N) is 1. The van der Waals surface area contributed by atoms with Crippen molar-refractivity contribution in [2.45, 2.75) is 45.4 Å². The lowest BCUT2D eigenvalue weighted by Crippen LogP contribution is -2.20. The lowest BCUT2D eigenvalue weighted by molar-refractivity contribution is 0.0633. The first-order valence-corrected chi connectivity index (χ1v) is 7.19. The van der Waals surface area contributed by atoms with E-state index in [4.69, 9.17) is 21.1 Å². The smallest absolute Gasteiger partial charge is 0.213 e. The molecular weight excluding hydrogens is 264 g/mol. The maximum Gasteiger partial charge on any atom is 0.213 e. The molecule has 2 rings (SSSR count). The number of hydrogen-bond acceptors (Lipinski definition) is 4. The Labute approximate surface area is 119 Å². The van der Waals surface area contributed by atoms with Crippen molar-refractivity contribution in [1.29, 1.82) is 0 Å². The molecule has 1 aliphatic rings. The summed E-state index contributed by atoms with van der Waals surface area (Å²) in [5.41, 5.74) is 1.03. The van der Waals surface area contributed by atoms with Crippen molar-refractivity contribution in [3.8, 4) is 5.88 Å². The predicted molar refractivity (Wildman–Crippen MR) is 75.7 cm³/mol. The quantitative estimate of drug-likeness (QED) is 0.797. The van der Waals surface area contributed by atoms with Gasteiger partial charge in [0.2, 0.25) is 5.88 Å². The minimum atomic E-state index is -0.0159. The average molecular weight is 285 g/mol. The number of rotatable bonds is 8. The first kappa shape index (κ1) is 14.6. The van der Waals surface area contributed by atoms with E-state index in [9.17, 15) is 0 Å². The molecule has 0 saturated heterocycles. The maximum atomic E-state index is 6.14.